The lowest BCUT2D eigenvalue weighted by molar-refractivity contribution is -0.109. The molecule has 0 radical (unpaired) electrons. The molecule has 0 bridgehead atoms. The van der Waals surface area contributed by atoms with Gasteiger partial charge in [0.1, 0.15) is 12.1 Å². The molecule has 56 valence electrons. The van der Waals surface area contributed by atoms with E-state index in [9.17, 15) is 9.18 Å². The third-order valence-electron chi connectivity index (χ3n) is 2.14. The topological polar surface area (TPSA) is 17.1 Å². The summed E-state index contributed by atoms with van der Waals surface area (Å²) in [4.78, 5) is 10.3. The summed E-state index contributed by atoms with van der Waals surface area (Å²) in [5.74, 6) is -0.235. The largest absolute Gasteiger partial charge is 0.303 e. The number of fused-ring (bicyclic) bond motifs is 1. The van der Waals surface area contributed by atoms with Crippen molar-refractivity contribution in [2.24, 2.45) is 0 Å². The number of carbonyl (C=O) groups is 1. The predicted molar refractivity (Wildman–Crippen MR) is 38.9 cm³/mol. The highest BCUT2D eigenvalue weighted by Crippen LogP contribution is 2.34. The first-order valence-corrected chi connectivity index (χ1v) is 3.55. The van der Waals surface area contributed by atoms with E-state index in [0.29, 0.717) is 12.0 Å². The Morgan fingerprint density at radius 1 is 1.55 bits per heavy atom. The van der Waals surface area contributed by atoms with Crippen molar-refractivity contribution in [3.05, 3.63) is 35.1 Å². The minimum absolute atomic E-state index is 0.0549. The number of benzene rings is 1. The van der Waals surface area contributed by atoms with Gasteiger partial charge >= 0.3 is 0 Å². The summed E-state index contributed by atoms with van der Waals surface area (Å²) in [6, 6.07) is 4.88. The Bertz CT molecular complexity index is 306. The lowest BCUT2D eigenvalue weighted by Crippen LogP contribution is -2.19. The lowest BCUT2D eigenvalue weighted by Gasteiger charge is -2.25. The number of carbonyl (C=O) groups excluding carboxylic acids is 1. The van der Waals surface area contributed by atoms with Crippen molar-refractivity contribution in [3.63, 3.8) is 0 Å². The molecule has 0 saturated heterocycles. The number of hydrogen-bond donors (Lipinski definition) is 0. The fourth-order valence-electron chi connectivity index (χ4n) is 1.46. The van der Waals surface area contributed by atoms with Crippen LogP contribution in [0, 0.1) is 5.82 Å². The minimum Gasteiger partial charge on any atom is -0.303 e. The van der Waals surface area contributed by atoms with Gasteiger partial charge in [-0.25, -0.2) is 4.39 Å². The van der Waals surface area contributed by atoms with Crippen LogP contribution < -0.4 is 0 Å². The highest BCUT2D eigenvalue weighted by atomic mass is 19.1. The van der Waals surface area contributed by atoms with E-state index in [1.807, 2.05) is 0 Å². The Morgan fingerprint density at radius 3 is 3.09 bits per heavy atom. The summed E-state index contributed by atoms with van der Waals surface area (Å²) in [6.07, 6.45) is 1.45. The molecular formula is C9H7FO. The van der Waals surface area contributed by atoms with Crippen LogP contribution in [0.25, 0.3) is 0 Å². The van der Waals surface area contributed by atoms with E-state index in [2.05, 4.69) is 0 Å². The summed E-state index contributed by atoms with van der Waals surface area (Å²) in [6.45, 7) is 0. The highest BCUT2D eigenvalue weighted by Gasteiger charge is 2.27. The van der Waals surface area contributed by atoms with Crippen LogP contribution in [0.5, 0.6) is 0 Å². The van der Waals surface area contributed by atoms with Gasteiger partial charge in [-0.2, -0.15) is 0 Å². The summed E-state index contributed by atoms with van der Waals surface area (Å²) < 4.78 is 12.8. The molecule has 1 aliphatic rings. The molecule has 2 rings (SSSR count). The third-order valence-corrected chi connectivity index (χ3v) is 2.14. The first kappa shape index (κ1) is 6.53. The summed E-state index contributed by atoms with van der Waals surface area (Å²) >= 11 is 0. The number of hydrogen-bond acceptors (Lipinski definition) is 1. The van der Waals surface area contributed by atoms with Gasteiger partial charge in [-0.1, -0.05) is 12.1 Å². The molecule has 1 aliphatic carbocycles. The molecule has 1 nitrogen and oxygen atoms in total. The van der Waals surface area contributed by atoms with Gasteiger partial charge in [-0.15, -0.1) is 0 Å². The lowest BCUT2D eigenvalue weighted by atomic mass is 9.78. The molecule has 0 fully saturated rings. The minimum atomic E-state index is -0.180. The Labute approximate surface area is 63.8 Å². The zero-order valence-corrected chi connectivity index (χ0v) is 5.88. The van der Waals surface area contributed by atoms with E-state index >= 15 is 0 Å². The van der Waals surface area contributed by atoms with Crippen LogP contribution in [0.1, 0.15) is 17.0 Å². The van der Waals surface area contributed by atoms with Crippen molar-refractivity contribution >= 4 is 6.29 Å². The molecule has 2 heteroatoms. The Kier molecular flexibility index (Phi) is 1.28. The molecule has 1 aromatic rings. The van der Waals surface area contributed by atoms with E-state index in [1.165, 1.54) is 6.07 Å². The van der Waals surface area contributed by atoms with Crippen molar-refractivity contribution in [1.29, 1.82) is 0 Å². The fraction of sp³-hybridized carbons (Fsp3) is 0.222. The second kappa shape index (κ2) is 2.16. The van der Waals surface area contributed by atoms with Crippen molar-refractivity contribution < 1.29 is 9.18 Å². The molecule has 0 heterocycles. The maximum atomic E-state index is 12.8. The molecule has 0 aromatic heterocycles. The fourth-order valence-corrected chi connectivity index (χ4v) is 1.46. The van der Waals surface area contributed by atoms with Crippen LogP contribution in [0.3, 0.4) is 0 Å². The van der Waals surface area contributed by atoms with Crippen LogP contribution in [0.2, 0.25) is 0 Å². The average molecular weight is 150 g/mol. The summed E-state index contributed by atoms with van der Waals surface area (Å²) in [7, 11) is 0. The van der Waals surface area contributed by atoms with Crippen LogP contribution in [-0.2, 0) is 11.2 Å². The molecule has 1 atom stereocenters. The van der Waals surface area contributed by atoms with Crippen molar-refractivity contribution in [2.45, 2.75) is 12.3 Å². The third kappa shape index (κ3) is 0.788. The normalized spacial score (nSPS) is 20.3. The molecule has 0 saturated carbocycles. The van der Waals surface area contributed by atoms with Crippen molar-refractivity contribution in [3.8, 4) is 0 Å². The molecule has 0 N–H and O–H groups in total. The van der Waals surface area contributed by atoms with Crippen LogP contribution in [0.4, 0.5) is 4.39 Å². The molecule has 0 spiro atoms. The second-order valence-corrected chi connectivity index (χ2v) is 2.75. The second-order valence-electron chi connectivity index (χ2n) is 2.75. The van der Waals surface area contributed by atoms with Crippen molar-refractivity contribution in [1.82, 2.24) is 0 Å². The standard InChI is InChI=1S/C9H7FO/c10-9-3-1-2-7-6(5-11)4-8(7)9/h1-3,5-6H,4H2. The van der Waals surface area contributed by atoms with Crippen LogP contribution in [-0.4, -0.2) is 6.29 Å². The molecule has 0 aliphatic heterocycles. The first-order chi connectivity index (χ1) is 5.33. The SMILES string of the molecule is O=CC1Cc2c(F)cccc21. The van der Waals surface area contributed by atoms with Gasteiger partial charge in [0.05, 0.1) is 0 Å². The Morgan fingerprint density at radius 2 is 2.36 bits per heavy atom. The zero-order valence-electron chi connectivity index (χ0n) is 5.88. The van der Waals surface area contributed by atoms with Gasteiger partial charge in [0.15, 0.2) is 0 Å². The van der Waals surface area contributed by atoms with Crippen LogP contribution in [0.15, 0.2) is 18.2 Å². The Hall–Kier alpha value is -1.18. The van der Waals surface area contributed by atoms with Crippen LogP contribution >= 0.6 is 0 Å². The van der Waals surface area contributed by atoms with Gasteiger partial charge in [0.2, 0.25) is 0 Å². The summed E-state index contributed by atoms with van der Waals surface area (Å²) in [5.41, 5.74) is 1.57. The average Bonchev–Trinajstić information content (AvgIpc) is 1.95. The molecule has 0 amide bonds. The van der Waals surface area contributed by atoms with E-state index in [-0.39, 0.29) is 11.7 Å². The number of rotatable bonds is 1. The van der Waals surface area contributed by atoms with E-state index in [4.69, 9.17) is 0 Å². The zero-order chi connectivity index (χ0) is 7.84. The monoisotopic (exact) mass is 150 g/mol. The van der Waals surface area contributed by atoms with E-state index in [0.717, 1.165) is 11.8 Å². The molecule has 1 aromatic carbocycles. The quantitative estimate of drug-likeness (QED) is 0.556. The van der Waals surface area contributed by atoms with E-state index in [1.54, 1.807) is 12.1 Å². The smallest absolute Gasteiger partial charge is 0.127 e. The molecular weight excluding hydrogens is 143 g/mol. The maximum absolute atomic E-state index is 12.8. The first-order valence-electron chi connectivity index (χ1n) is 3.55. The maximum Gasteiger partial charge on any atom is 0.127 e. The Balaban J connectivity index is 2.48. The van der Waals surface area contributed by atoms with Gasteiger partial charge in [0.25, 0.3) is 0 Å². The molecule has 11 heavy (non-hydrogen) atoms. The van der Waals surface area contributed by atoms with Gasteiger partial charge in [-0.05, 0) is 23.6 Å². The highest BCUT2D eigenvalue weighted by molar-refractivity contribution is 5.68. The van der Waals surface area contributed by atoms with Gasteiger partial charge in [0, 0.05) is 5.92 Å². The number of halogens is 1. The summed E-state index contributed by atoms with van der Waals surface area (Å²) in [5, 5.41) is 0. The molecule has 1 unspecified atom stereocenters. The van der Waals surface area contributed by atoms with Crippen molar-refractivity contribution in [2.75, 3.05) is 0 Å². The van der Waals surface area contributed by atoms with E-state index < -0.39 is 0 Å². The van der Waals surface area contributed by atoms with Gasteiger partial charge in [-0.3, -0.25) is 0 Å². The number of aldehydes is 1. The van der Waals surface area contributed by atoms with Gasteiger partial charge < -0.3 is 4.79 Å². The predicted octanol–water partition coefficient (Wildman–Crippen LogP) is 1.66.